The molecule has 0 saturated carbocycles. The highest BCUT2D eigenvalue weighted by Gasteiger charge is 2.46. The fourth-order valence-electron chi connectivity index (χ4n) is 3.29. The highest BCUT2D eigenvalue weighted by molar-refractivity contribution is 4.91. The van der Waals surface area contributed by atoms with E-state index in [2.05, 4.69) is 13.5 Å². The van der Waals surface area contributed by atoms with Crippen molar-refractivity contribution in [2.45, 2.75) is 94.0 Å². The van der Waals surface area contributed by atoms with Crippen molar-refractivity contribution in [2.75, 3.05) is 13.2 Å². The third-order valence-corrected chi connectivity index (χ3v) is 5.21. The molecule has 29 heavy (non-hydrogen) atoms. The first-order valence-corrected chi connectivity index (χ1v) is 10.0. The van der Waals surface area contributed by atoms with Crippen molar-refractivity contribution in [3.63, 3.8) is 0 Å². The lowest BCUT2D eigenvalue weighted by molar-refractivity contribution is -0.325. The lowest BCUT2D eigenvalue weighted by Gasteiger charge is -2.42. The SMILES string of the molecule is C=C[C@H](CCCCC)O[C@@H]1O[C@@H](CO[C@@H]2OC[C@@H](O)[C@@H](O)[C@@H]2O)[C@@H](O)[C@@H](O)[C@@H]1O. The summed E-state index contributed by atoms with van der Waals surface area (Å²) in [5.74, 6) is 0. The molecule has 10 heteroatoms. The number of unbranched alkanes of at least 4 members (excludes halogenated alkanes) is 2. The van der Waals surface area contributed by atoms with Crippen molar-refractivity contribution < 1.29 is 49.6 Å². The number of ether oxygens (including phenoxy) is 4. The Labute approximate surface area is 170 Å². The van der Waals surface area contributed by atoms with Crippen molar-refractivity contribution in [3.8, 4) is 0 Å². The van der Waals surface area contributed by atoms with Crippen molar-refractivity contribution >= 4 is 0 Å². The monoisotopic (exact) mass is 422 g/mol. The van der Waals surface area contributed by atoms with Crippen LogP contribution in [0, 0.1) is 0 Å². The van der Waals surface area contributed by atoms with Crippen LogP contribution in [0.2, 0.25) is 0 Å². The molecule has 2 heterocycles. The number of rotatable bonds is 10. The molecule has 0 radical (unpaired) electrons. The summed E-state index contributed by atoms with van der Waals surface area (Å²) in [5.41, 5.74) is 0. The zero-order valence-electron chi connectivity index (χ0n) is 16.6. The molecule has 0 aromatic rings. The van der Waals surface area contributed by atoms with Gasteiger partial charge in [0.25, 0.3) is 0 Å². The van der Waals surface area contributed by atoms with E-state index in [0.29, 0.717) is 6.42 Å². The summed E-state index contributed by atoms with van der Waals surface area (Å²) in [6.07, 6.45) is -7.36. The second kappa shape index (κ2) is 11.7. The van der Waals surface area contributed by atoms with Gasteiger partial charge in [0.2, 0.25) is 0 Å². The molecule has 0 bridgehead atoms. The number of aliphatic hydroxyl groups is 6. The lowest BCUT2D eigenvalue weighted by Crippen LogP contribution is -2.60. The van der Waals surface area contributed by atoms with Crippen LogP contribution in [0.3, 0.4) is 0 Å². The van der Waals surface area contributed by atoms with Crippen LogP contribution in [0.4, 0.5) is 0 Å². The van der Waals surface area contributed by atoms with Crippen molar-refractivity contribution in [3.05, 3.63) is 12.7 Å². The molecule has 6 N–H and O–H groups in total. The summed E-state index contributed by atoms with van der Waals surface area (Å²) in [6.45, 7) is 5.24. The smallest absolute Gasteiger partial charge is 0.187 e. The normalized spacial score (nSPS) is 41.8. The summed E-state index contributed by atoms with van der Waals surface area (Å²) in [6, 6.07) is 0. The Bertz CT molecular complexity index is 492. The fraction of sp³-hybridized carbons (Fsp3) is 0.895. The molecular formula is C19H34O10. The molecule has 0 spiro atoms. The first kappa shape index (κ1) is 24.6. The van der Waals surface area contributed by atoms with E-state index < -0.39 is 61.4 Å². The molecule has 0 unspecified atom stereocenters. The van der Waals surface area contributed by atoms with Gasteiger partial charge >= 0.3 is 0 Å². The number of hydrogen-bond acceptors (Lipinski definition) is 10. The van der Waals surface area contributed by atoms with E-state index in [1.165, 1.54) is 0 Å². The Morgan fingerprint density at radius 2 is 1.66 bits per heavy atom. The Balaban J connectivity index is 1.93. The first-order valence-electron chi connectivity index (χ1n) is 10.0. The van der Waals surface area contributed by atoms with Crippen LogP contribution in [-0.2, 0) is 18.9 Å². The second-order valence-electron chi connectivity index (χ2n) is 7.50. The van der Waals surface area contributed by atoms with Gasteiger partial charge in [-0.1, -0.05) is 32.3 Å². The largest absolute Gasteiger partial charge is 0.388 e. The minimum absolute atomic E-state index is 0.233. The molecule has 0 aromatic carbocycles. The summed E-state index contributed by atoms with van der Waals surface area (Å²) >= 11 is 0. The summed E-state index contributed by atoms with van der Waals surface area (Å²) in [7, 11) is 0. The van der Waals surface area contributed by atoms with Gasteiger partial charge in [-0.05, 0) is 6.42 Å². The lowest BCUT2D eigenvalue weighted by atomic mass is 9.99. The molecular weight excluding hydrogens is 388 g/mol. The van der Waals surface area contributed by atoms with E-state index in [1.807, 2.05) is 0 Å². The molecule has 0 amide bonds. The van der Waals surface area contributed by atoms with Gasteiger partial charge in [-0.15, -0.1) is 6.58 Å². The van der Waals surface area contributed by atoms with E-state index >= 15 is 0 Å². The topological polar surface area (TPSA) is 158 Å². The Kier molecular flexibility index (Phi) is 9.89. The quantitative estimate of drug-likeness (QED) is 0.179. The van der Waals surface area contributed by atoms with Crippen LogP contribution < -0.4 is 0 Å². The van der Waals surface area contributed by atoms with Crippen LogP contribution in [0.5, 0.6) is 0 Å². The average molecular weight is 422 g/mol. The van der Waals surface area contributed by atoms with Gasteiger partial charge in [-0.3, -0.25) is 0 Å². The maximum atomic E-state index is 10.2. The third kappa shape index (κ3) is 6.41. The van der Waals surface area contributed by atoms with E-state index in [0.717, 1.165) is 19.3 Å². The standard InChI is InChI=1S/C19H34O10/c1-3-5-6-7-10(4-2)28-19-17(25)15(23)14(22)12(29-19)9-27-18-16(24)13(21)11(20)8-26-18/h4,10-25H,2-3,5-9H2,1H3/t10-,11-,12+,13-,14-,15-,16+,17+,18+,19-/m1/s1. The van der Waals surface area contributed by atoms with E-state index in [9.17, 15) is 30.6 Å². The van der Waals surface area contributed by atoms with E-state index in [1.54, 1.807) is 6.08 Å². The molecule has 10 nitrogen and oxygen atoms in total. The molecule has 2 aliphatic rings. The van der Waals surface area contributed by atoms with Gasteiger partial charge in [0.05, 0.1) is 19.3 Å². The maximum absolute atomic E-state index is 10.2. The molecule has 2 rings (SSSR count). The molecule has 0 aromatic heterocycles. The van der Waals surface area contributed by atoms with Crippen LogP contribution >= 0.6 is 0 Å². The van der Waals surface area contributed by atoms with Crippen LogP contribution in [-0.4, -0.2) is 105 Å². The van der Waals surface area contributed by atoms with E-state index in [4.69, 9.17) is 18.9 Å². The predicted octanol–water partition coefficient (Wildman–Crippen LogP) is -1.60. The average Bonchev–Trinajstić information content (AvgIpc) is 2.71. The molecule has 170 valence electrons. The van der Waals surface area contributed by atoms with Gasteiger partial charge in [0.1, 0.15) is 42.7 Å². The summed E-state index contributed by atoms with van der Waals surface area (Å²) < 4.78 is 21.8. The minimum Gasteiger partial charge on any atom is -0.388 e. The van der Waals surface area contributed by atoms with Crippen LogP contribution in [0.1, 0.15) is 32.6 Å². The maximum Gasteiger partial charge on any atom is 0.187 e. The molecule has 2 saturated heterocycles. The summed E-state index contributed by atoms with van der Waals surface area (Å²) in [5, 5.41) is 59.6. The van der Waals surface area contributed by atoms with Gasteiger partial charge in [-0.25, -0.2) is 0 Å². The first-order chi connectivity index (χ1) is 13.8. The highest BCUT2D eigenvalue weighted by atomic mass is 16.7. The summed E-state index contributed by atoms with van der Waals surface area (Å²) in [4.78, 5) is 0. The van der Waals surface area contributed by atoms with Gasteiger partial charge in [0.15, 0.2) is 12.6 Å². The Hall–Kier alpha value is -0.660. The van der Waals surface area contributed by atoms with E-state index in [-0.39, 0.29) is 13.2 Å². The molecule has 2 aliphatic heterocycles. The number of aliphatic hydroxyl groups excluding tert-OH is 6. The van der Waals surface area contributed by atoms with Crippen LogP contribution in [0.25, 0.3) is 0 Å². The Morgan fingerprint density at radius 1 is 0.966 bits per heavy atom. The zero-order valence-corrected chi connectivity index (χ0v) is 16.6. The predicted molar refractivity (Wildman–Crippen MR) is 99.6 cm³/mol. The molecule has 0 aliphatic carbocycles. The zero-order chi connectivity index (χ0) is 21.6. The number of hydrogen-bond donors (Lipinski definition) is 6. The van der Waals surface area contributed by atoms with Gasteiger partial charge < -0.3 is 49.6 Å². The molecule has 10 atom stereocenters. The minimum atomic E-state index is -1.53. The van der Waals surface area contributed by atoms with Gasteiger partial charge in [-0.2, -0.15) is 0 Å². The highest BCUT2D eigenvalue weighted by Crippen LogP contribution is 2.26. The van der Waals surface area contributed by atoms with Crippen molar-refractivity contribution in [2.24, 2.45) is 0 Å². The second-order valence-corrected chi connectivity index (χ2v) is 7.50. The fourth-order valence-corrected chi connectivity index (χ4v) is 3.29. The Morgan fingerprint density at radius 3 is 2.31 bits per heavy atom. The van der Waals surface area contributed by atoms with Crippen LogP contribution in [0.15, 0.2) is 12.7 Å². The van der Waals surface area contributed by atoms with Gasteiger partial charge in [0, 0.05) is 0 Å². The van der Waals surface area contributed by atoms with Crippen molar-refractivity contribution in [1.29, 1.82) is 0 Å². The third-order valence-electron chi connectivity index (χ3n) is 5.21. The molecule has 2 fully saturated rings. The van der Waals surface area contributed by atoms with Crippen molar-refractivity contribution in [1.82, 2.24) is 0 Å².